The molecule has 0 radical (unpaired) electrons. The molecule has 19 nitrogen and oxygen atoms in total. The fourth-order valence-corrected chi connectivity index (χ4v) is 14.8. The molecule has 3 fully saturated rings. The zero-order valence-electron chi connectivity index (χ0n) is 65.3. The second-order valence-corrected chi connectivity index (χ2v) is 31.0. The molecule has 0 saturated carbocycles. The van der Waals surface area contributed by atoms with Crippen LogP contribution in [0, 0.1) is 0 Å². The lowest BCUT2D eigenvalue weighted by molar-refractivity contribution is -0.379. The van der Waals surface area contributed by atoms with E-state index in [1.165, 1.54) is 302 Å². The second kappa shape index (κ2) is 65.0. The number of rotatable bonds is 70. The first-order chi connectivity index (χ1) is 50.3. The van der Waals surface area contributed by atoms with E-state index in [2.05, 4.69) is 31.3 Å². The molecule has 0 aromatic rings. The maximum Gasteiger partial charge on any atom is 0.220 e. The summed E-state index contributed by atoms with van der Waals surface area (Å²) in [6.45, 7) is 1.79. The standard InChI is InChI=1S/C84H159NO18/c1-3-5-7-9-11-13-15-17-19-21-22-23-24-25-26-27-28-29-30-31-32-33-34-35-36-37-38-39-40-41-42-43-44-46-48-50-52-54-56-58-60-62-72(90)85-67(68(89)61-59-57-55-53-51-49-47-45-20-18-16-14-12-10-8-6-4-2)66-98-82-78(96)75(93)80(70(64-87)100-82)103-84-79(97)76(94)81(71(65-88)101-84)102-83-77(95)74(92)73(91)69(63-86)99-83/h21-22,59,61,67-71,73-84,86-89,91-97H,3-20,23-58,60,62-66H2,1-2H3,(H,85,90)/b22-21-,61-59+. The maximum absolute atomic E-state index is 13.5. The van der Waals surface area contributed by atoms with Gasteiger partial charge in [-0.15, -0.1) is 0 Å². The fourth-order valence-electron chi connectivity index (χ4n) is 14.8. The molecule has 0 aromatic carbocycles. The summed E-state index contributed by atoms with van der Waals surface area (Å²) in [4.78, 5) is 13.5. The van der Waals surface area contributed by atoms with Gasteiger partial charge >= 0.3 is 0 Å². The van der Waals surface area contributed by atoms with Crippen LogP contribution in [0.25, 0.3) is 0 Å². The minimum absolute atomic E-state index is 0.249. The van der Waals surface area contributed by atoms with Crippen molar-refractivity contribution in [2.45, 2.75) is 478 Å². The lowest BCUT2D eigenvalue weighted by atomic mass is 9.96. The van der Waals surface area contributed by atoms with Gasteiger partial charge in [-0.3, -0.25) is 4.79 Å². The Bertz CT molecular complexity index is 1950. The van der Waals surface area contributed by atoms with Gasteiger partial charge in [-0.25, -0.2) is 0 Å². The number of amides is 1. The highest BCUT2D eigenvalue weighted by Crippen LogP contribution is 2.33. The highest BCUT2D eigenvalue weighted by molar-refractivity contribution is 5.76. The van der Waals surface area contributed by atoms with E-state index in [1.807, 2.05) is 6.08 Å². The summed E-state index contributed by atoms with van der Waals surface area (Å²) in [6.07, 6.45) is 53.5. The molecule has 0 spiro atoms. The first-order valence-electron chi connectivity index (χ1n) is 43.1. The van der Waals surface area contributed by atoms with Crippen LogP contribution in [0.15, 0.2) is 24.3 Å². The molecule has 0 bridgehead atoms. The smallest absolute Gasteiger partial charge is 0.220 e. The van der Waals surface area contributed by atoms with Crippen molar-refractivity contribution in [2.24, 2.45) is 0 Å². The highest BCUT2D eigenvalue weighted by atomic mass is 16.8. The minimum atomic E-state index is -1.98. The topological polar surface area (TPSA) is 307 Å². The summed E-state index contributed by atoms with van der Waals surface area (Å²) in [6, 6.07) is -0.971. The van der Waals surface area contributed by atoms with Crippen LogP contribution < -0.4 is 5.32 Å². The number of carbonyl (C=O) groups excluding carboxylic acids is 1. The summed E-state index contributed by atoms with van der Waals surface area (Å²) in [5.74, 6) is -0.267. The number of aliphatic hydroxyl groups is 11. The van der Waals surface area contributed by atoms with Gasteiger partial charge in [0.25, 0.3) is 0 Å². The van der Waals surface area contributed by atoms with Gasteiger partial charge in [0.2, 0.25) is 5.91 Å². The Morgan fingerprint density at radius 3 is 0.942 bits per heavy atom. The van der Waals surface area contributed by atoms with Crippen LogP contribution in [0.2, 0.25) is 0 Å². The van der Waals surface area contributed by atoms with Crippen molar-refractivity contribution < 1.29 is 89.4 Å². The Kier molecular flexibility index (Phi) is 60.3. The van der Waals surface area contributed by atoms with Gasteiger partial charge in [0.05, 0.1) is 38.6 Å². The first kappa shape index (κ1) is 95.5. The van der Waals surface area contributed by atoms with Crippen LogP contribution in [0.5, 0.6) is 0 Å². The summed E-state index contributed by atoms with van der Waals surface area (Å²) in [7, 11) is 0. The lowest BCUT2D eigenvalue weighted by Crippen LogP contribution is -2.66. The number of hydrogen-bond acceptors (Lipinski definition) is 18. The van der Waals surface area contributed by atoms with E-state index in [9.17, 15) is 61.0 Å². The van der Waals surface area contributed by atoms with E-state index in [0.717, 1.165) is 44.9 Å². The summed E-state index contributed by atoms with van der Waals surface area (Å²) in [5.41, 5.74) is 0. The van der Waals surface area contributed by atoms with Crippen molar-refractivity contribution in [1.82, 2.24) is 5.32 Å². The van der Waals surface area contributed by atoms with Crippen LogP contribution in [-0.2, 0) is 33.2 Å². The molecule has 17 atom stereocenters. The molecule has 0 aromatic heterocycles. The fraction of sp³-hybridized carbons (Fsp3) is 0.940. The molecular formula is C84H159NO18. The maximum atomic E-state index is 13.5. The van der Waals surface area contributed by atoms with Gasteiger partial charge in [0.15, 0.2) is 18.9 Å². The van der Waals surface area contributed by atoms with Gasteiger partial charge in [-0.2, -0.15) is 0 Å². The zero-order chi connectivity index (χ0) is 74.6. The van der Waals surface area contributed by atoms with Crippen LogP contribution >= 0.6 is 0 Å². The number of nitrogens with one attached hydrogen (secondary N) is 1. The summed E-state index contributed by atoms with van der Waals surface area (Å²) in [5, 5.41) is 121. The monoisotopic (exact) mass is 1470 g/mol. The predicted molar refractivity (Wildman–Crippen MR) is 411 cm³/mol. The van der Waals surface area contributed by atoms with Gasteiger partial charge in [0, 0.05) is 6.42 Å². The van der Waals surface area contributed by atoms with Crippen LogP contribution in [0.4, 0.5) is 0 Å². The van der Waals surface area contributed by atoms with E-state index < -0.39 is 124 Å². The molecule has 1 amide bonds. The number of hydrogen-bond donors (Lipinski definition) is 12. The largest absolute Gasteiger partial charge is 0.394 e. The molecule has 3 aliphatic heterocycles. The van der Waals surface area contributed by atoms with Crippen molar-refractivity contribution >= 4 is 5.91 Å². The molecule has 103 heavy (non-hydrogen) atoms. The highest BCUT2D eigenvalue weighted by Gasteiger charge is 2.54. The van der Waals surface area contributed by atoms with Crippen molar-refractivity contribution in [3.8, 4) is 0 Å². The lowest BCUT2D eigenvalue weighted by Gasteiger charge is -2.48. The summed E-state index contributed by atoms with van der Waals surface area (Å²) >= 11 is 0. The molecule has 3 saturated heterocycles. The van der Waals surface area contributed by atoms with Gasteiger partial charge in [-0.1, -0.05) is 346 Å². The Labute approximate surface area is 626 Å². The van der Waals surface area contributed by atoms with Crippen molar-refractivity contribution in [1.29, 1.82) is 0 Å². The molecule has 608 valence electrons. The molecule has 3 aliphatic rings. The third kappa shape index (κ3) is 44.6. The van der Waals surface area contributed by atoms with Gasteiger partial charge in [0.1, 0.15) is 73.2 Å². The quantitative estimate of drug-likeness (QED) is 0.0199. The minimum Gasteiger partial charge on any atom is -0.394 e. The molecule has 12 N–H and O–H groups in total. The Morgan fingerprint density at radius 2 is 0.612 bits per heavy atom. The molecule has 3 heterocycles. The first-order valence-corrected chi connectivity index (χ1v) is 43.1. The second-order valence-electron chi connectivity index (χ2n) is 31.0. The van der Waals surface area contributed by atoms with Crippen LogP contribution in [-0.4, -0.2) is 193 Å². The Balaban J connectivity index is 1.27. The molecule has 19 heteroatoms. The summed E-state index contributed by atoms with van der Waals surface area (Å²) < 4.78 is 34.5. The molecule has 17 unspecified atom stereocenters. The van der Waals surface area contributed by atoms with E-state index in [-0.39, 0.29) is 18.9 Å². The zero-order valence-corrected chi connectivity index (χ0v) is 65.3. The normalized spacial score (nSPS) is 26.1. The number of carbonyl (C=O) groups is 1. The SMILES string of the molecule is CCCCCCCCCC/C=C\CCCCCCCCCCCCCCCCCCCCCCCCCCCCCCCC(=O)NC(COC1OC(CO)C(OC2OC(CO)C(OC3OC(CO)C(O)C(O)C3O)C(O)C2O)C(O)C1O)C(O)/C=C/CCCCCCCCCCCCCCCCC. The van der Waals surface area contributed by atoms with E-state index in [0.29, 0.717) is 6.42 Å². The predicted octanol–water partition coefficient (Wildman–Crippen LogP) is 15.3. The third-order valence-electron chi connectivity index (χ3n) is 21.7. The number of aliphatic hydroxyl groups excluding tert-OH is 11. The van der Waals surface area contributed by atoms with Gasteiger partial charge in [-0.05, 0) is 44.9 Å². The number of allylic oxidation sites excluding steroid dienone is 3. The van der Waals surface area contributed by atoms with E-state index in [4.69, 9.17) is 28.4 Å². The van der Waals surface area contributed by atoms with Gasteiger partial charge < -0.3 is 89.9 Å². The Hall–Kier alpha value is -1.73. The van der Waals surface area contributed by atoms with E-state index in [1.54, 1.807) is 6.08 Å². The van der Waals surface area contributed by atoms with Crippen LogP contribution in [0.1, 0.15) is 373 Å². The number of unbranched alkanes of at least 4 members (excludes halogenated alkanes) is 52. The molecular weight excluding hydrogens is 1310 g/mol. The van der Waals surface area contributed by atoms with Crippen molar-refractivity contribution in [3.05, 3.63) is 24.3 Å². The molecule has 3 rings (SSSR count). The van der Waals surface area contributed by atoms with Crippen molar-refractivity contribution in [2.75, 3.05) is 26.4 Å². The molecule has 0 aliphatic carbocycles. The third-order valence-corrected chi connectivity index (χ3v) is 21.7. The number of ether oxygens (including phenoxy) is 6. The van der Waals surface area contributed by atoms with Crippen LogP contribution in [0.3, 0.4) is 0 Å². The Morgan fingerprint density at radius 1 is 0.340 bits per heavy atom. The van der Waals surface area contributed by atoms with Crippen molar-refractivity contribution in [3.63, 3.8) is 0 Å². The average Bonchev–Trinajstić information content (AvgIpc) is 0.782. The van der Waals surface area contributed by atoms with E-state index >= 15 is 0 Å². The average molecular weight is 1470 g/mol.